The fourth-order valence-corrected chi connectivity index (χ4v) is 5.19. The van der Waals surface area contributed by atoms with Crippen LogP contribution in [0.25, 0.3) is 0 Å². The van der Waals surface area contributed by atoms with Gasteiger partial charge in [0.05, 0.1) is 13.2 Å². The van der Waals surface area contributed by atoms with Gasteiger partial charge in [-0.05, 0) is 79.1 Å². The number of carbonyl (C=O) groups is 4. The van der Waals surface area contributed by atoms with E-state index >= 15 is 0 Å². The Hall–Kier alpha value is -2.48. The van der Waals surface area contributed by atoms with E-state index < -0.39 is 18.4 Å². The zero-order valence-electron chi connectivity index (χ0n) is 30.2. The van der Waals surface area contributed by atoms with Crippen molar-refractivity contribution in [1.82, 2.24) is 35.6 Å². The van der Waals surface area contributed by atoms with Crippen LogP contribution in [0.15, 0.2) is 0 Å². The Morgan fingerprint density at radius 3 is 1.91 bits per heavy atom. The Morgan fingerprint density at radius 1 is 0.809 bits per heavy atom. The van der Waals surface area contributed by atoms with Crippen LogP contribution in [-0.2, 0) is 14.3 Å². The molecule has 1 saturated heterocycles. The van der Waals surface area contributed by atoms with Crippen molar-refractivity contribution in [3.63, 3.8) is 0 Å². The summed E-state index contributed by atoms with van der Waals surface area (Å²) in [4.78, 5) is 57.3. The Balaban J connectivity index is 2.54. The van der Waals surface area contributed by atoms with Gasteiger partial charge in [-0.2, -0.15) is 0 Å². The molecule has 0 aromatic heterocycles. The molecular formula is C34H67N7O6. The van der Waals surface area contributed by atoms with Gasteiger partial charge in [0.25, 0.3) is 0 Å². The molecule has 0 radical (unpaired) electrons. The summed E-state index contributed by atoms with van der Waals surface area (Å²) in [6.07, 6.45) is 12.1. The Bertz CT molecular complexity index is 852. The number of unbranched alkanes of at least 4 members (excludes halogenated alkanes) is 10. The predicted molar refractivity (Wildman–Crippen MR) is 186 cm³/mol. The van der Waals surface area contributed by atoms with Gasteiger partial charge in [0.2, 0.25) is 12.7 Å². The number of ether oxygens (including phenoxy) is 2. The maximum atomic E-state index is 13.4. The maximum Gasteiger partial charge on any atom is 0.409 e. The molecule has 3 unspecified atom stereocenters. The molecule has 13 nitrogen and oxygen atoms in total. The fraction of sp³-hybridized carbons (Fsp3) is 0.882. The van der Waals surface area contributed by atoms with Crippen LogP contribution in [0.1, 0.15) is 104 Å². The number of hydrogen-bond donors (Lipinski definition) is 3. The lowest BCUT2D eigenvalue weighted by Gasteiger charge is -2.30. The lowest BCUT2D eigenvalue weighted by atomic mass is 10.2. The molecule has 1 rings (SSSR count). The second kappa shape index (κ2) is 27.5. The third-order valence-corrected chi connectivity index (χ3v) is 8.40. The Morgan fingerprint density at radius 2 is 1.36 bits per heavy atom. The van der Waals surface area contributed by atoms with E-state index in [-0.39, 0.29) is 12.6 Å². The highest BCUT2D eigenvalue weighted by Crippen LogP contribution is 2.18. The summed E-state index contributed by atoms with van der Waals surface area (Å²) in [5.41, 5.74) is 0. The van der Waals surface area contributed by atoms with Gasteiger partial charge >= 0.3 is 18.2 Å². The van der Waals surface area contributed by atoms with E-state index in [1.54, 1.807) is 11.9 Å². The summed E-state index contributed by atoms with van der Waals surface area (Å²) in [7, 11) is 5.58. The molecule has 0 saturated carbocycles. The summed E-state index contributed by atoms with van der Waals surface area (Å²) < 4.78 is 11.3. The first-order valence-corrected chi connectivity index (χ1v) is 18.2. The van der Waals surface area contributed by atoms with Gasteiger partial charge in [-0.3, -0.25) is 14.6 Å². The zero-order chi connectivity index (χ0) is 34.7. The van der Waals surface area contributed by atoms with Crippen LogP contribution in [0.5, 0.6) is 0 Å². The van der Waals surface area contributed by atoms with Crippen molar-refractivity contribution < 1.29 is 28.7 Å². The molecule has 0 aromatic rings. The van der Waals surface area contributed by atoms with Crippen molar-refractivity contribution in [2.24, 2.45) is 0 Å². The lowest BCUT2D eigenvalue weighted by Crippen LogP contribution is -2.51. The Kier molecular flexibility index (Phi) is 24.9. The van der Waals surface area contributed by atoms with Gasteiger partial charge < -0.3 is 30.3 Å². The van der Waals surface area contributed by atoms with Crippen molar-refractivity contribution in [3.05, 3.63) is 0 Å². The summed E-state index contributed by atoms with van der Waals surface area (Å²) in [6, 6.07) is -0.430. The quantitative estimate of drug-likeness (QED) is 0.0452. The molecule has 274 valence electrons. The number of nitrogens with zero attached hydrogens (tertiary/aromatic N) is 4. The molecule has 3 atom stereocenters. The molecule has 3 N–H and O–H groups in total. The molecule has 0 aromatic carbocycles. The number of imide groups is 2. The van der Waals surface area contributed by atoms with E-state index in [2.05, 4.69) is 34.7 Å². The van der Waals surface area contributed by atoms with Crippen LogP contribution in [0.2, 0.25) is 0 Å². The first-order chi connectivity index (χ1) is 22.8. The van der Waals surface area contributed by atoms with Gasteiger partial charge in [0.15, 0.2) is 0 Å². The van der Waals surface area contributed by atoms with Gasteiger partial charge in [0, 0.05) is 45.8 Å². The number of alkyl carbamates (subject to hydrolysis) is 1. The Labute approximate surface area is 284 Å². The number of rotatable bonds is 29. The predicted octanol–water partition coefficient (Wildman–Crippen LogP) is 4.61. The SMILES string of the molecule is CCCCOC(CN1CC1C)OC(=O)NCCCCCCN(C(=O)N(C)CCCCCCNC)C(=O)N(C=O)CCCCCCNC. The van der Waals surface area contributed by atoms with Gasteiger partial charge in [-0.25, -0.2) is 19.3 Å². The first-order valence-electron chi connectivity index (χ1n) is 18.2. The molecule has 6 amide bonds. The molecule has 0 spiro atoms. The van der Waals surface area contributed by atoms with Crippen LogP contribution >= 0.6 is 0 Å². The summed E-state index contributed by atoms with van der Waals surface area (Å²) >= 11 is 0. The molecule has 0 aliphatic carbocycles. The third kappa shape index (κ3) is 20.5. The topological polar surface area (TPSA) is 136 Å². The second-order valence-electron chi connectivity index (χ2n) is 12.7. The maximum absolute atomic E-state index is 13.4. The monoisotopic (exact) mass is 670 g/mol. The molecule has 1 fully saturated rings. The van der Waals surface area contributed by atoms with Crippen LogP contribution < -0.4 is 16.0 Å². The summed E-state index contributed by atoms with van der Waals surface area (Å²) in [5.74, 6) is 0. The highest BCUT2D eigenvalue weighted by atomic mass is 16.7. The molecule has 47 heavy (non-hydrogen) atoms. The van der Waals surface area contributed by atoms with Gasteiger partial charge in [0.1, 0.15) is 0 Å². The van der Waals surface area contributed by atoms with Crippen LogP contribution in [0.4, 0.5) is 14.4 Å². The van der Waals surface area contributed by atoms with E-state index in [9.17, 15) is 19.2 Å². The number of carbonyl (C=O) groups excluding carboxylic acids is 4. The smallest absolute Gasteiger partial charge is 0.409 e. The molecule has 13 heteroatoms. The zero-order valence-corrected chi connectivity index (χ0v) is 30.2. The van der Waals surface area contributed by atoms with E-state index in [1.165, 1.54) is 4.90 Å². The van der Waals surface area contributed by atoms with Gasteiger partial charge in [-0.1, -0.05) is 51.9 Å². The van der Waals surface area contributed by atoms with Crippen molar-refractivity contribution in [1.29, 1.82) is 0 Å². The van der Waals surface area contributed by atoms with Gasteiger partial charge in [-0.15, -0.1) is 0 Å². The number of hydrogen-bond acceptors (Lipinski definition) is 9. The highest BCUT2D eigenvalue weighted by Gasteiger charge is 2.33. The molecule has 1 heterocycles. The van der Waals surface area contributed by atoms with Crippen LogP contribution in [0.3, 0.4) is 0 Å². The van der Waals surface area contributed by atoms with Crippen LogP contribution in [-0.4, -0.2) is 137 Å². The third-order valence-electron chi connectivity index (χ3n) is 8.40. The first kappa shape index (κ1) is 42.5. The normalized spacial score (nSPS) is 15.9. The van der Waals surface area contributed by atoms with E-state index in [1.807, 2.05) is 14.1 Å². The largest absolute Gasteiger partial charge is 0.418 e. The molecule has 1 aliphatic heterocycles. The van der Waals surface area contributed by atoms with Crippen molar-refractivity contribution >= 4 is 24.6 Å². The molecule has 0 bridgehead atoms. The second-order valence-corrected chi connectivity index (χ2v) is 12.7. The van der Waals surface area contributed by atoms with Crippen molar-refractivity contribution in [2.75, 3.05) is 80.1 Å². The summed E-state index contributed by atoms with van der Waals surface area (Å²) in [5, 5.41) is 9.08. The minimum atomic E-state index is -0.576. The fourth-order valence-electron chi connectivity index (χ4n) is 5.19. The number of nitrogens with one attached hydrogen (secondary N) is 3. The minimum Gasteiger partial charge on any atom is -0.418 e. The van der Waals surface area contributed by atoms with E-state index in [0.29, 0.717) is 58.1 Å². The lowest BCUT2D eigenvalue weighted by molar-refractivity contribution is -0.116. The molecular weight excluding hydrogens is 602 g/mol. The number of urea groups is 2. The average molecular weight is 670 g/mol. The van der Waals surface area contributed by atoms with E-state index in [0.717, 1.165) is 102 Å². The average Bonchev–Trinajstić information content (AvgIpc) is 3.76. The van der Waals surface area contributed by atoms with Crippen molar-refractivity contribution in [2.45, 2.75) is 116 Å². The van der Waals surface area contributed by atoms with E-state index in [4.69, 9.17) is 9.47 Å². The van der Waals surface area contributed by atoms with Crippen molar-refractivity contribution in [3.8, 4) is 0 Å². The standard InChI is InChI=1S/C34H67N7O6/c1-6-7-26-46-31(28-40-27-30(40)2)47-32(43)37-22-16-10-13-19-25-41(33(44)38(5)23-17-11-8-14-20-35-3)34(45)39(29-42)24-18-12-9-15-21-36-4/h29-31,35-36H,6-28H2,1-5H3,(H,37,43). The van der Waals surface area contributed by atoms with Crippen LogP contribution in [0, 0.1) is 0 Å². The molecule has 1 aliphatic rings. The summed E-state index contributed by atoms with van der Waals surface area (Å²) in [6.45, 7) is 9.82. The number of amides is 6. The highest BCUT2D eigenvalue weighted by molar-refractivity contribution is 5.97. The minimum absolute atomic E-state index is 0.234.